The number of allylic oxidation sites excluding steroid dienone is 1. The van der Waals surface area contributed by atoms with E-state index in [2.05, 4.69) is 33.4 Å². The smallest absolute Gasteiger partial charge is 0.187 e. The van der Waals surface area contributed by atoms with Crippen molar-refractivity contribution in [1.82, 2.24) is 0 Å². The topological polar surface area (TPSA) is 256 Å². The molecule has 3 unspecified atom stereocenters. The van der Waals surface area contributed by atoms with Gasteiger partial charge in [-0.2, -0.15) is 0 Å². The lowest BCUT2D eigenvalue weighted by Gasteiger charge is -2.60. The van der Waals surface area contributed by atoms with Crippen LogP contribution in [0.4, 0.5) is 0 Å². The molecule has 0 aromatic carbocycles. The molecule has 5 saturated heterocycles. The van der Waals surface area contributed by atoms with Gasteiger partial charge in [-0.05, 0) is 74.5 Å². The van der Waals surface area contributed by atoms with E-state index in [1.807, 2.05) is 0 Å². The summed E-state index contributed by atoms with van der Waals surface area (Å²) in [6.07, 6.45) is -13.5. The molecule has 25 atom stereocenters. The van der Waals surface area contributed by atoms with Gasteiger partial charge < -0.3 is 83.9 Å². The molecule has 1 spiro atoms. The Hall–Kier alpha value is -1.20. The third-order valence-corrected chi connectivity index (χ3v) is 17.1. The van der Waals surface area contributed by atoms with Gasteiger partial charge in [0.2, 0.25) is 0 Å². The highest BCUT2D eigenvalue weighted by atomic mass is 16.8. The van der Waals surface area contributed by atoms with Crippen LogP contribution in [0.25, 0.3) is 0 Å². The van der Waals surface area contributed by atoms with Gasteiger partial charge in [-0.1, -0.05) is 44.6 Å². The first-order valence-corrected chi connectivity index (χ1v) is 22.5. The number of rotatable bonds is 7. The Morgan fingerprint density at radius 2 is 1.54 bits per heavy atom. The second kappa shape index (κ2) is 16.6. The molecule has 9 aliphatic rings. The van der Waals surface area contributed by atoms with Gasteiger partial charge in [-0.3, -0.25) is 0 Å². The SMILES string of the molecule is C=C1CC[C@@]2(OC1)O[C@H]1CC3[C@@H]4CC=C5C[C@H](O[C@H]6OC[C@@H](O)C(O)[C@@H]6O[C@@H]6O[C@@H](C)[C@H](O)[C@@H](O[C@@H]7O[C@H](CO)[C@@H](O)[C@H](O)[C@H]7O)[C@H]6O)C[C@@H](O)[C@]5(C)C4CC[C@]3(C)[C@H]1[C@@H]2C. The molecule has 17 nitrogen and oxygen atoms in total. The quantitative estimate of drug-likeness (QED) is 0.150. The fourth-order valence-corrected chi connectivity index (χ4v) is 13.6. The monoisotopic (exact) mass is 868 g/mol. The molecular weight excluding hydrogens is 800 g/mol. The lowest BCUT2D eigenvalue weighted by atomic mass is 9.46. The van der Waals surface area contributed by atoms with Crippen molar-refractivity contribution in [2.24, 2.45) is 40.4 Å². The Bertz CT molecular complexity index is 1640. The minimum Gasteiger partial charge on any atom is -0.394 e. The van der Waals surface area contributed by atoms with Crippen molar-refractivity contribution in [2.45, 2.75) is 189 Å². The number of fused-ring (bicyclic) bond motifs is 7. The molecule has 5 aliphatic heterocycles. The highest BCUT2D eigenvalue weighted by Gasteiger charge is 2.69. The zero-order valence-corrected chi connectivity index (χ0v) is 35.6. The summed E-state index contributed by atoms with van der Waals surface area (Å²) in [5.74, 6) is 1.30. The summed E-state index contributed by atoms with van der Waals surface area (Å²) < 4.78 is 48.9. The first kappa shape index (κ1) is 45.0. The molecule has 9 N–H and O–H groups in total. The summed E-state index contributed by atoms with van der Waals surface area (Å²) in [6.45, 7) is 12.2. The molecule has 0 bridgehead atoms. The van der Waals surface area contributed by atoms with Crippen LogP contribution in [0, 0.1) is 40.4 Å². The second-order valence-electron chi connectivity index (χ2n) is 20.3. The summed E-state index contributed by atoms with van der Waals surface area (Å²) in [5.41, 5.74) is 1.90. The van der Waals surface area contributed by atoms with E-state index in [9.17, 15) is 46.0 Å². The van der Waals surface area contributed by atoms with Crippen LogP contribution < -0.4 is 0 Å². The average Bonchev–Trinajstić information content (AvgIpc) is 3.68. The number of ether oxygens (including phenoxy) is 8. The number of hydrogen-bond donors (Lipinski definition) is 9. The Morgan fingerprint density at radius 3 is 2.26 bits per heavy atom. The van der Waals surface area contributed by atoms with Crippen LogP contribution in [0.3, 0.4) is 0 Å². The maximum atomic E-state index is 12.2. The van der Waals surface area contributed by atoms with Gasteiger partial charge in [-0.15, -0.1) is 0 Å². The maximum Gasteiger partial charge on any atom is 0.187 e. The highest BCUT2D eigenvalue weighted by molar-refractivity contribution is 5.28. The second-order valence-corrected chi connectivity index (χ2v) is 20.3. The van der Waals surface area contributed by atoms with Crippen LogP contribution >= 0.6 is 0 Å². The molecule has 0 aromatic rings. The molecule has 3 saturated carbocycles. The van der Waals surface area contributed by atoms with E-state index in [1.54, 1.807) is 0 Å². The lowest BCUT2D eigenvalue weighted by molar-refractivity contribution is -0.380. The molecule has 17 heteroatoms. The van der Waals surface area contributed by atoms with Crippen molar-refractivity contribution < 1.29 is 83.9 Å². The zero-order chi connectivity index (χ0) is 43.5. The molecule has 8 fully saturated rings. The van der Waals surface area contributed by atoms with Crippen LogP contribution in [0.5, 0.6) is 0 Å². The molecule has 0 aromatic heterocycles. The highest BCUT2D eigenvalue weighted by Crippen LogP contribution is 2.70. The standard InChI is InChI=1S/C44H68O17/c1-18-8-11-44(55-16-18)19(2)30-27(61-44)14-25-23-7-6-21-12-22(13-29(47)43(21,5)24(23)9-10-42(25,30)4)57-41-38(32(49)26(46)17-54-41)60-40-36(53)37(31(48)20(3)56-40)59-39-35(52)34(51)33(50)28(15-45)58-39/h6,19-20,22-41,45-53H,1,7-17H2,2-5H3/t19-,20-,22-,23+,24?,25?,26+,27-,28+,29+,30-,31-,32?,33+,34-,35+,36+,37+,38-,39-,40-,41+,42-,43-,44+/m0/s1. The molecule has 346 valence electrons. The molecule has 0 amide bonds. The average molecular weight is 869 g/mol. The minimum absolute atomic E-state index is 0.107. The Labute approximate surface area is 356 Å². The maximum absolute atomic E-state index is 12.2. The van der Waals surface area contributed by atoms with Gasteiger partial charge in [0.25, 0.3) is 0 Å². The first-order valence-electron chi connectivity index (χ1n) is 22.5. The molecule has 61 heavy (non-hydrogen) atoms. The number of aliphatic hydroxyl groups is 9. The van der Waals surface area contributed by atoms with E-state index in [0.29, 0.717) is 37.2 Å². The van der Waals surface area contributed by atoms with Gasteiger partial charge >= 0.3 is 0 Å². The van der Waals surface area contributed by atoms with Crippen molar-refractivity contribution >= 4 is 0 Å². The van der Waals surface area contributed by atoms with E-state index in [1.165, 1.54) is 6.92 Å². The molecule has 0 radical (unpaired) electrons. The molecular formula is C44H68O17. The van der Waals surface area contributed by atoms with E-state index < -0.39 is 116 Å². The molecule has 9 rings (SSSR count). The first-order chi connectivity index (χ1) is 28.9. The van der Waals surface area contributed by atoms with Crippen LogP contribution in [-0.4, -0.2) is 176 Å². The fraction of sp³-hybridized carbons (Fsp3) is 0.909. The zero-order valence-electron chi connectivity index (χ0n) is 35.6. The van der Waals surface area contributed by atoms with Crippen LogP contribution in [0.15, 0.2) is 23.8 Å². The predicted molar refractivity (Wildman–Crippen MR) is 210 cm³/mol. The lowest BCUT2D eigenvalue weighted by Crippen LogP contribution is -2.65. The summed E-state index contributed by atoms with van der Waals surface area (Å²) in [6, 6.07) is 0. The van der Waals surface area contributed by atoms with Gasteiger partial charge in [0.1, 0.15) is 61.0 Å². The van der Waals surface area contributed by atoms with Gasteiger partial charge in [0, 0.05) is 24.2 Å². The third kappa shape index (κ3) is 7.25. The summed E-state index contributed by atoms with van der Waals surface area (Å²) in [7, 11) is 0. The largest absolute Gasteiger partial charge is 0.394 e. The van der Waals surface area contributed by atoms with Crippen LogP contribution in [0.2, 0.25) is 0 Å². The number of aliphatic hydroxyl groups excluding tert-OH is 9. The van der Waals surface area contributed by atoms with E-state index in [-0.39, 0.29) is 30.0 Å². The van der Waals surface area contributed by atoms with Crippen molar-refractivity contribution in [2.75, 3.05) is 19.8 Å². The third-order valence-electron chi connectivity index (χ3n) is 17.1. The summed E-state index contributed by atoms with van der Waals surface area (Å²) >= 11 is 0. The van der Waals surface area contributed by atoms with Crippen LogP contribution in [-0.2, 0) is 37.9 Å². The minimum atomic E-state index is -1.81. The van der Waals surface area contributed by atoms with Crippen molar-refractivity contribution in [1.29, 1.82) is 0 Å². The van der Waals surface area contributed by atoms with E-state index in [4.69, 9.17) is 37.9 Å². The summed E-state index contributed by atoms with van der Waals surface area (Å²) in [4.78, 5) is 0. The normalized spacial score (nSPS) is 57.2. The Balaban J connectivity index is 0.877. The Morgan fingerprint density at radius 1 is 0.803 bits per heavy atom. The van der Waals surface area contributed by atoms with Crippen LogP contribution in [0.1, 0.15) is 79.1 Å². The predicted octanol–water partition coefficient (Wildman–Crippen LogP) is -0.256. The van der Waals surface area contributed by atoms with Gasteiger partial charge in [-0.25, -0.2) is 0 Å². The van der Waals surface area contributed by atoms with Crippen molar-refractivity contribution in [3.05, 3.63) is 23.8 Å². The molecule has 4 aliphatic carbocycles. The summed E-state index contributed by atoms with van der Waals surface area (Å²) in [5, 5.41) is 97.2. The fourth-order valence-electron chi connectivity index (χ4n) is 13.6. The van der Waals surface area contributed by atoms with Gasteiger partial charge in [0.15, 0.2) is 24.7 Å². The van der Waals surface area contributed by atoms with Crippen molar-refractivity contribution in [3.8, 4) is 0 Å². The van der Waals surface area contributed by atoms with Crippen molar-refractivity contribution in [3.63, 3.8) is 0 Å². The molecule has 5 heterocycles. The van der Waals surface area contributed by atoms with Gasteiger partial charge in [0.05, 0.1) is 44.2 Å². The van der Waals surface area contributed by atoms with E-state index >= 15 is 0 Å². The Kier molecular flexibility index (Phi) is 12.2. The van der Waals surface area contributed by atoms with E-state index in [0.717, 1.165) is 49.7 Å². The number of hydrogen-bond acceptors (Lipinski definition) is 17.